The fraction of sp³-hybridized carbons (Fsp3) is 0.474. The Labute approximate surface area is 183 Å². The Balaban J connectivity index is 0.00000364. The smallest absolute Gasteiger partial charge is 0.191 e. The number of aliphatic imine (C=N–C) groups is 1. The molecule has 0 aliphatic rings. The van der Waals surface area contributed by atoms with Gasteiger partial charge in [-0.15, -0.1) is 24.0 Å². The lowest BCUT2D eigenvalue weighted by molar-refractivity contribution is 0.392. The maximum absolute atomic E-state index is 6.29. The van der Waals surface area contributed by atoms with E-state index < -0.39 is 0 Å². The highest BCUT2D eigenvalue weighted by molar-refractivity contribution is 14.0. The van der Waals surface area contributed by atoms with E-state index in [9.17, 15) is 0 Å². The lowest BCUT2D eigenvalue weighted by Gasteiger charge is -2.12. The van der Waals surface area contributed by atoms with E-state index >= 15 is 0 Å². The van der Waals surface area contributed by atoms with Gasteiger partial charge in [-0.3, -0.25) is 4.99 Å². The Bertz CT molecular complexity index is 730. The van der Waals surface area contributed by atoms with Gasteiger partial charge in [-0.1, -0.05) is 22.8 Å². The summed E-state index contributed by atoms with van der Waals surface area (Å²) < 4.78 is 10.4. The van der Waals surface area contributed by atoms with Crippen LogP contribution < -0.4 is 15.4 Å². The molecule has 1 heterocycles. The van der Waals surface area contributed by atoms with Gasteiger partial charge < -0.3 is 19.9 Å². The third-order valence-electron chi connectivity index (χ3n) is 4.10. The number of guanidine groups is 1. The van der Waals surface area contributed by atoms with Gasteiger partial charge in [0.15, 0.2) is 5.96 Å². The predicted molar refractivity (Wildman–Crippen MR) is 121 cm³/mol. The zero-order valence-electron chi connectivity index (χ0n) is 16.3. The summed E-state index contributed by atoms with van der Waals surface area (Å²) in [5.41, 5.74) is 3.14. The molecule has 0 spiro atoms. The van der Waals surface area contributed by atoms with Crippen molar-refractivity contribution in [2.45, 2.75) is 33.6 Å². The first-order valence-corrected chi connectivity index (χ1v) is 9.19. The Morgan fingerprint density at radius 3 is 2.63 bits per heavy atom. The lowest BCUT2D eigenvalue weighted by atomic mass is 10.1. The zero-order valence-corrected chi connectivity index (χ0v) is 19.4. The molecule has 0 unspecified atom stereocenters. The van der Waals surface area contributed by atoms with Crippen molar-refractivity contribution in [1.29, 1.82) is 0 Å². The highest BCUT2D eigenvalue weighted by Gasteiger charge is 2.08. The number of ether oxygens (including phenoxy) is 1. The van der Waals surface area contributed by atoms with E-state index in [1.54, 1.807) is 7.11 Å². The van der Waals surface area contributed by atoms with Crippen molar-refractivity contribution in [1.82, 2.24) is 15.8 Å². The molecule has 1 aromatic carbocycles. The molecule has 2 aromatic rings. The molecule has 0 aliphatic carbocycles. The van der Waals surface area contributed by atoms with Gasteiger partial charge in [-0.05, 0) is 51.3 Å². The summed E-state index contributed by atoms with van der Waals surface area (Å²) >= 11 is 6.29. The van der Waals surface area contributed by atoms with Gasteiger partial charge in [-0.2, -0.15) is 0 Å². The van der Waals surface area contributed by atoms with Crippen LogP contribution in [0.25, 0.3) is 0 Å². The molecule has 0 fully saturated rings. The maximum atomic E-state index is 6.29. The second kappa shape index (κ2) is 12.1. The zero-order chi connectivity index (χ0) is 18.9. The molecule has 0 radical (unpaired) electrons. The van der Waals surface area contributed by atoms with Gasteiger partial charge in [0.05, 0.1) is 12.8 Å². The van der Waals surface area contributed by atoms with Crippen LogP contribution in [0.4, 0.5) is 0 Å². The number of rotatable bonds is 8. The Morgan fingerprint density at radius 2 is 2.04 bits per heavy atom. The molecular formula is C19H28ClIN4O2. The van der Waals surface area contributed by atoms with Crippen molar-refractivity contribution in [3.63, 3.8) is 0 Å². The first kappa shape index (κ1) is 23.6. The summed E-state index contributed by atoms with van der Waals surface area (Å²) in [6.07, 6.45) is 1.61. The molecule has 0 atom stereocenters. The van der Waals surface area contributed by atoms with Crippen LogP contribution >= 0.6 is 35.6 Å². The summed E-state index contributed by atoms with van der Waals surface area (Å²) in [5, 5.41) is 11.3. The summed E-state index contributed by atoms with van der Waals surface area (Å²) in [6, 6.07) is 5.74. The van der Waals surface area contributed by atoms with Crippen molar-refractivity contribution in [3.8, 4) is 5.75 Å². The lowest BCUT2D eigenvalue weighted by Crippen LogP contribution is -2.38. The average molecular weight is 507 g/mol. The minimum Gasteiger partial charge on any atom is -0.497 e. The highest BCUT2D eigenvalue weighted by Crippen LogP contribution is 2.22. The minimum atomic E-state index is 0. The van der Waals surface area contributed by atoms with E-state index in [2.05, 4.69) is 20.8 Å². The molecule has 2 rings (SSSR count). The van der Waals surface area contributed by atoms with Crippen LogP contribution in [0.5, 0.6) is 5.75 Å². The monoisotopic (exact) mass is 506 g/mol. The quantitative estimate of drug-likeness (QED) is 0.323. The molecule has 1 aromatic heterocycles. The van der Waals surface area contributed by atoms with Crippen LogP contribution in [-0.2, 0) is 12.8 Å². The Hall–Kier alpha value is -1.48. The van der Waals surface area contributed by atoms with Crippen LogP contribution in [0.1, 0.15) is 29.5 Å². The van der Waals surface area contributed by atoms with Crippen molar-refractivity contribution >= 4 is 41.5 Å². The second-order valence-electron chi connectivity index (χ2n) is 5.95. The van der Waals surface area contributed by atoms with E-state index in [-0.39, 0.29) is 24.0 Å². The van der Waals surface area contributed by atoms with Crippen molar-refractivity contribution < 1.29 is 9.26 Å². The highest BCUT2D eigenvalue weighted by atomic mass is 127. The largest absolute Gasteiger partial charge is 0.497 e. The summed E-state index contributed by atoms with van der Waals surface area (Å²) in [4.78, 5) is 4.62. The summed E-state index contributed by atoms with van der Waals surface area (Å²) in [5.74, 6) is 2.43. The fourth-order valence-corrected chi connectivity index (χ4v) is 2.92. The molecule has 150 valence electrons. The molecule has 0 saturated carbocycles. The topological polar surface area (TPSA) is 71.7 Å². The number of hydrogen-bond donors (Lipinski definition) is 2. The van der Waals surface area contributed by atoms with Crippen LogP contribution in [0.2, 0.25) is 5.02 Å². The predicted octanol–water partition coefficient (Wildman–Crippen LogP) is 3.91. The molecule has 27 heavy (non-hydrogen) atoms. The summed E-state index contributed by atoms with van der Waals surface area (Å²) in [6.45, 7) is 8.15. The number of nitrogens with one attached hydrogen (secondary N) is 2. The molecule has 8 heteroatoms. The van der Waals surface area contributed by atoms with E-state index in [0.717, 1.165) is 60.2 Å². The molecule has 0 aliphatic heterocycles. The number of hydrogen-bond acceptors (Lipinski definition) is 4. The van der Waals surface area contributed by atoms with Crippen LogP contribution in [0, 0.1) is 13.8 Å². The molecular weight excluding hydrogens is 479 g/mol. The number of benzene rings is 1. The van der Waals surface area contributed by atoms with E-state index in [1.165, 1.54) is 0 Å². The second-order valence-corrected chi connectivity index (χ2v) is 6.35. The SMILES string of the molecule is CCNC(=NCCc1c(C)noc1C)NCCc1ccc(OC)cc1Cl.I. The van der Waals surface area contributed by atoms with Crippen LogP contribution in [0.15, 0.2) is 27.7 Å². The van der Waals surface area contributed by atoms with Gasteiger partial charge in [0.2, 0.25) is 0 Å². The number of methoxy groups -OCH3 is 1. The Kier molecular flexibility index (Phi) is 10.5. The van der Waals surface area contributed by atoms with Crippen molar-refractivity contribution in [2.24, 2.45) is 4.99 Å². The third kappa shape index (κ3) is 7.21. The van der Waals surface area contributed by atoms with Gasteiger partial charge in [0, 0.05) is 30.2 Å². The number of halogens is 2. The molecule has 0 amide bonds. The maximum Gasteiger partial charge on any atom is 0.191 e. The number of nitrogens with zero attached hydrogens (tertiary/aromatic N) is 2. The normalized spacial score (nSPS) is 11.1. The van der Waals surface area contributed by atoms with Gasteiger partial charge in [0.1, 0.15) is 11.5 Å². The number of aromatic nitrogens is 1. The molecule has 2 N–H and O–H groups in total. The van der Waals surface area contributed by atoms with Gasteiger partial charge >= 0.3 is 0 Å². The van der Waals surface area contributed by atoms with E-state index in [0.29, 0.717) is 11.6 Å². The first-order chi connectivity index (χ1) is 12.5. The van der Waals surface area contributed by atoms with Crippen LogP contribution in [-0.4, -0.2) is 37.9 Å². The standard InChI is InChI=1S/C19H27ClN4O2.HI/c1-5-21-19(23-11-9-17-13(2)24-26-14(17)3)22-10-8-15-6-7-16(25-4)12-18(15)20;/h6-7,12H,5,8-11H2,1-4H3,(H2,21,22,23);1H. The summed E-state index contributed by atoms with van der Waals surface area (Å²) in [7, 11) is 1.63. The van der Waals surface area contributed by atoms with E-state index in [1.807, 2.05) is 39.0 Å². The molecule has 0 bridgehead atoms. The van der Waals surface area contributed by atoms with Crippen molar-refractivity contribution in [3.05, 3.63) is 45.8 Å². The molecule has 0 saturated heterocycles. The Morgan fingerprint density at radius 1 is 1.26 bits per heavy atom. The van der Waals surface area contributed by atoms with Crippen molar-refractivity contribution in [2.75, 3.05) is 26.7 Å². The van der Waals surface area contributed by atoms with Gasteiger partial charge in [-0.25, -0.2) is 0 Å². The van der Waals surface area contributed by atoms with Gasteiger partial charge in [0.25, 0.3) is 0 Å². The third-order valence-corrected chi connectivity index (χ3v) is 4.46. The minimum absolute atomic E-state index is 0. The van der Waals surface area contributed by atoms with E-state index in [4.69, 9.17) is 20.9 Å². The first-order valence-electron chi connectivity index (χ1n) is 8.81. The molecule has 6 nitrogen and oxygen atoms in total. The number of aryl methyl sites for hydroxylation is 2. The fourth-order valence-electron chi connectivity index (χ4n) is 2.65. The average Bonchev–Trinajstić information content (AvgIpc) is 2.94. The van der Waals surface area contributed by atoms with Crippen LogP contribution in [0.3, 0.4) is 0 Å².